The van der Waals surface area contributed by atoms with Gasteiger partial charge in [-0.2, -0.15) is 5.10 Å². The lowest BCUT2D eigenvalue weighted by Gasteiger charge is -2.16. The third kappa shape index (κ3) is 2.40. The molecule has 0 saturated carbocycles. The molecule has 3 rings (SSSR count). The molecule has 0 bridgehead atoms. The van der Waals surface area contributed by atoms with Gasteiger partial charge in [-0.05, 0) is 44.3 Å². The third-order valence-electron chi connectivity index (χ3n) is 3.30. The first-order valence-electron chi connectivity index (χ1n) is 6.62. The van der Waals surface area contributed by atoms with E-state index in [0.29, 0.717) is 0 Å². The average Bonchev–Trinajstić information content (AvgIpc) is 3.11. The third-order valence-corrected chi connectivity index (χ3v) is 4.37. The quantitative estimate of drug-likeness (QED) is 0.793. The van der Waals surface area contributed by atoms with Crippen molar-refractivity contribution in [1.82, 2.24) is 15.1 Å². The van der Waals surface area contributed by atoms with E-state index in [1.807, 2.05) is 47.5 Å². The minimum atomic E-state index is 0.163. The molecule has 0 amide bonds. The van der Waals surface area contributed by atoms with E-state index in [0.717, 1.165) is 11.4 Å². The molecule has 1 atom stereocenters. The number of aromatic nitrogens is 2. The van der Waals surface area contributed by atoms with Gasteiger partial charge in [0.05, 0.1) is 17.4 Å². The van der Waals surface area contributed by atoms with Crippen LogP contribution in [0.1, 0.15) is 21.5 Å². The van der Waals surface area contributed by atoms with Crippen molar-refractivity contribution in [2.45, 2.75) is 13.0 Å². The van der Waals surface area contributed by atoms with Crippen molar-refractivity contribution in [3.8, 4) is 5.69 Å². The van der Waals surface area contributed by atoms with Gasteiger partial charge in [-0.3, -0.25) is 0 Å². The first-order valence-corrected chi connectivity index (χ1v) is 7.44. The Morgan fingerprint density at radius 3 is 2.55 bits per heavy atom. The number of nitrogens with zero attached hydrogens (tertiary/aromatic N) is 2. The van der Waals surface area contributed by atoms with E-state index < -0.39 is 0 Å². The van der Waals surface area contributed by atoms with Crippen LogP contribution in [0.25, 0.3) is 5.69 Å². The van der Waals surface area contributed by atoms with Gasteiger partial charge in [0.1, 0.15) is 0 Å². The monoisotopic (exact) mass is 283 g/mol. The lowest BCUT2D eigenvalue weighted by molar-refractivity contribution is 0.646. The Hall–Kier alpha value is -1.91. The van der Waals surface area contributed by atoms with Crippen LogP contribution in [0.5, 0.6) is 0 Å². The van der Waals surface area contributed by atoms with Gasteiger partial charge < -0.3 is 5.32 Å². The van der Waals surface area contributed by atoms with E-state index in [4.69, 9.17) is 0 Å². The van der Waals surface area contributed by atoms with Crippen LogP contribution in [0.3, 0.4) is 0 Å². The zero-order chi connectivity index (χ0) is 13.9. The molecular weight excluding hydrogens is 266 g/mol. The van der Waals surface area contributed by atoms with Crippen LogP contribution in [0, 0.1) is 6.92 Å². The van der Waals surface area contributed by atoms with Crippen molar-refractivity contribution < 1.29 is 0 Å². The van der Waals surface area contributed by atoms with Gasteiger partial charge in [0, 0.05) is 16.0 Å². The van der Waals surface area contributed by atoms with E-state index in [9.17, 15) is 0 Å². The average molecular weight is 283 g/mol. The molecule has 0 saturated heterocycles. The number of thiophene rings is 1. The van der Waals surface area contributed by atoms with Gasteiger partial charge in [0.2, 0.25) is 0 Å². The number of rotatable bonds is 4. The molecule has 3 nitrogen and oxygen atoms in total. The normalized spacial score (nSPS) is 12.5. The Morgan fingerprint density at radius 1 is 1.10 bits per heavy atom. The molecule has 0 aliphatic rings. The Kier molecular flexibility index (Phi) is 3.67. The van der Waals surface area contributed by atoms with Gasteiger partial charge in [0.15, 0.2) is 0 Å². The zero-order valence-electron chi connectivity index (χ0n) is 11.6. The van der Waals surface area contributed by atoms with Gasteiger partial charge in [-0.25, -0.2) is 4.68 Å². The molecule has 0 spiro atoms. The van der Waals surface area contributed by atoms with Crippen molar-refractivity contribution >= 4 is 11.3 Å². The summed E-state index contributed by atoms with van der Waals surface area (Å²) in [4.78, 5) is 2.63. The van der Waals surface area contributed by atoms with E-state index in [-0.39, 0.29) is 6.04 Å². The first kappa shape index (κ1) is 13.1. The van der Waals surface area contributed by atoms with Gasteiger partial charge >= 0.3 is 0 Å². The van der Waals surface area contributed by atoms with E-state index >= 15 is 0 Å². The van der Waals surface area contributed by atoms with Crippen LogP contribution in [0.4, 0.5) is 0 Å². The van der Waals surface area contributed by atoms with Crippen LogP contribution in [-0.4, -0.2) is 16.8 Å². The number of hydrogen-bond donors (Lipinski definition) is 1. The highest BCUT2D eigenvalue weighted by atomic mass is 32.1. The second kappa shape index (κ2) is 5.61. The van der Waals surface area contributed by atoms with Crippen LogP contribution < -0.4 is 5.32 Å². The molecule has 0 radical (unpaired) electrons. The van der Waals surface area contributed by atoms with Crippen molar-refractivity contribution in [1.29, 1.82) is 0 Å². The fraction of sp³-hybridized carbons (Fsp3) is 0.188. The molecule has 0 aliphatic carbocycles. The molecule has 1 unspecified atom stereocenters. The standard InChI is InChI=1S/C16H17N3S/c1-12-8-9-15(20-12)16(17-2)14-10-11-18-19(14)13-6-4-3-5-7-13/h3-11,16-17H,1-2H3. The highest BCUT2D eigenvalue weighted by Crippen LogP contribution is 2.29. The predicted molar refractivity (Wildman–Crippen MR) is 83.5 cm³/mol. The first-order chi connectivity index (χ1) is 9.79. The maximum Gasteiger partial charge on any atom is 0.0844 e. The summed E-state index contributed by atoms with van der Waals surface area (Å²) in [5.41, 5.74) is 2.24. The smallest absolute Gasteiger partial charge is 0.0844 e. The molecule has 4 heteroatoms. The topological polar surface area (TPSA) is 29.9 Å². The molecule has 0 fully saturated rings. The molecule has 20 heavy (non-hydrogen) atoms. The molecule has 3 aromatic rings. The molecule has 2 heterocycles. The highest BCUT2D eigenvalue weighted by Gasteiger charge is 2.18. The van der Waals surface area contributed by atoms with Gasteiger partial charge in [-0.15, -0.1) is 11.3 Å². The fourth-order valence-electron chi connectivity index (χ4n) is 2.36. The number of hydrogen-bond acceptors (Lipinski definition) is 3. The van der Waals surface area contributed by atoms with E-state index in [2.05, 4.69) is 47.7 Å². The predicted octanol–water partition coefficient (Wildman–Crippen LogP) is 3.55. The highest BCUT2D eigenvalue weighted by molar-refractivity contribution is 7.12. The van der Waals surface area contributed by atoms with Gasteiger partial charge in [0.25, 0.3) is 0 Å². The second-order valence-electron chi connectivity index (χ2n) is 4.67. The minimum absolute atomic E-state index is 0.163. The summed E-state index contributed by atoms with van der Waals surface area (Å²) in [5, 5.41) is 7.86. The molecule has 2 aromatic heterocycles. The molecule has 0 aliphatic heterocycles. The Balaban J connectivity index is 2.04. The summed E-state index contributed by atoms with van der Waals surface area (Å²) in [7, 11) is 1.99. The van der Waals surface area contributed by atoms with E-state index in [1.165, 1.54) is 9.75 Å². The Labute approximate surface area is 122 Å². The number of benzene rings is 1. The molecular formula is C16H17N3S. The van der Waals surface area contributed by atoms with Crippen LogP contribution in [-0.2, 0) is 0 Å². The van der Waals surface area contributed by atoms with Gasteiger partial charge in [-0.1, -0.05) is 18.2 Å². The van der Waals surface area contributed by atoms with Crippen LogP contribution in [0.2, 0.25) is 0 Å². The summed E-state index contributed by atoms with van der Waals surface area (Å²) in [6.45, 7) is 2.13. The minimum Gasteiger partial charge on any atom is -0.307 e. The Morgan fingerprint density at radius 2 is 1.90 bits per heavy atom. The molecule has 1 N–H and O–H groups in total. The summed E-state index contributed by atoms with van der Waals surface area (Å²) >= 11 is 1.82. The lowest BCUT2D eigenvalue weighted by Crippen LogP contribution is -2.20. The lowest BCUT2D eigenvalue weighted by atomic mass is 10.1. The number of nitrogens with one attached hydrogen (secondary N) is 1. The van der Waals surface area contributed by atoms with Crippen molar-refractivity contribution in [2.24, 2.45) is 0 Å². The summed E-state index contributed by atoms with van der Waals surface area (Å²) in [6, 6.07) is 16.8. The summed E-state index contributed by atoms with van der Waals surface area (Å²) in [6.07, 6.45) is 1.85. The molecule has 1 aromatic carbocycles. The second-order valence-corrected chi connectivity index (χ2v) is 5.99. The SMILES string of the molecule is CNC(c1ccc(C)s1)c1ccnn1-c1ccccc1. The molecule has 102 valence electrons. The van der Waals surface area contributed by atoms with Crippen molar-refractivity contribution in [3.05, 3.63) is 70.2 Å². The maximum absolute atomic E-state index is 4.47. The zero-order valence-corrected chi connectivity index (χ0v) is 12.4. The van der Waals surface area contributed by atoms with Crippen LogP contribution in [0.15, 0.2) is 54.7 Å². The summed E-state index contributed by atoms with van der Waals surface area (Å²) < 4.78 is 2.00. The number of para-hydroxylation sites is 1. The van der Waals surface area contributed by atoms with Crippen molar-refractivity contribution in [3.63, 3.8) is 0 Å². The fourth-order valence-corrected chi connectivity index (χ4v) is 3.36. The number of aryl methyl sites for hydroxylation is 1. The van der Waals surface area contributed by atoms with E-state index in [1.54, 1.807) is 0 Å². The summed E-state index contributed by atoms with van der Waals surface area (Å²) in [5.74, 6) is 0. The van der Waals surface area contributed by atoms with Crippen LogP contribution >= 0.6 is 11.3 Å². The van der Waals surface area contributed by atoms with Crippen molar-refractivity contribution in [2.75, 3.05) is 7.05 Å². The maximum atomic E-state index is 4.47. The largest absolute Gasteiger partial charge is 0.307 e. The Bertz CT molecular complexity index is 685.